The van der Waals surface area contributed by atoms with E-state index in [0.29, 0.717) is 39.5 Å². The van der Waals surface area contributed by atoms with Crippen LogP contribution in [-0.4, -0.2) is 83.1 Å². The van der Waals surface area contributed by atoms with Crippen LogP contribution in [0.2, 0.25) is 0 Å². The molecule has 11 heteroatoms. The van der Waals surface area contributed by atoms with Crippen molar-refractivity contribution in [1.29, 1.82) is 0 Å². The summed E-state index contributed by atoms with van der Waals surface area (Å²) in [7, 11) is 0. The van der Waals surface area contributed by atoms with E-state index in [1.807, 2.05) is 49.8 Å². The summed E-state index contributed by atoms with van der Waals surface area (Å²) in [6.45, 7) is 12.2. The molecule has 2 fully saturated rings. The van der Waals surface area contributed by atoms with E-state index >= 15 is 0 Å². The Balaban J connectivity index is 0.985. The molecule has 0 bridgehead atoms. The number of fused-ring (bicyclic) bond motifs is 3. The molecule has 2 aromatic heterocycles. The fourth-order valence-electron chi connectivity index (χ4n) is 7.84. The third kappa shape index (κ3) is 6.27. The highest BCUT2D eigenvalue weighted by molar-refractivity contribution is 5.87. The van der Waals surface area contributed by atoms with Gasteiger partial charge in [0.1, 0.15) is 17.9 Å². The minimum atomic E-state index is -0.116. The summed E-state index contributed by atoms with van der Waals surface area (Å²) in [5.41, 5.74) is 4.44. The molecule has 11 nitrogen and oxygen atoms in total. The van der Waals surface area contributed by atoms with Gasteiger partial charge in [-0.25, -0.2) is 14.6 Å². The second-order valence-electron chi connectivity index (χ2n) is 13.0. The van der Waals surface area contributed by atoms with Crippen molar-refractivity contribution in [3.8, 4) is 17.2 Å². The number of nitrogens with zero attached hydrogens (tertiary/aromatic N) is 6. The van der Waals surface area contributed by atoms with Crippen molar-refractivity contribution in [2.24, 2.45) is 5.92 Å². The molecule has 1 N–H and O–H groups in total. The quantitative estimate of drug-likeness (QED) is 0.255. The second kappa shape index (κ2) is 14.0. The largest absolute Gasteiger partial charge is 0.494 e. The minimum absolute atomic E-state index is 0.0497. The molecule has 1 spiro atoms. The van der Waals surface area contributed by atoms with E-state index in [9.17, 15) is 4.79 Å². The zero-order valence-electron chi connectivity index (χ0n) is 28.4. The number of carbonyl (C=O) groups is 1. The Labute approximate surface area is 282 Å². The maximum atomic E-state index is 13.8. The van der Waals surface area contributed by atoms with Gasteiger partial charge in [0.2, 0.25) is 5.91 Å². The molecule has 7 rings (SSSR count). The van der Waals surface area contributed by atoms with Gasteiger partial charge in [0.15, 0.2) is 17.1 Å². The monoisotopic (exact) mass is 653 g/mol. The molecule has 4 aromatic rings. The topological polar surface area (TPSA) is 107 Å². The molecule has 48 heavy (non-hydrogen) atoms. The average molecular weight is 654 g/mol. The minimum Gasteiger partial charge on any atom is -0.494 e. The summed E-state index contributed by atoms with van der Waals surface area (Å²) >= 11 is 0. The molecule has 1 aliphatic carbocycles. The van der Waals surface area contributed by atoms with Gasteiger partial charge in [0, 0.05) is 44.2 Å². The smallest absolute Gasteiger partial charge is 0.225 e. The predicted molar refractivity (Wildman–Crippen MR) is 185 cm³/mol. The summed E-state index contributed by atoms with van der Waals surface area (Å²) < 4.78 is 19.5. The number of amides is 1. The molecule has 3 aliphatic rings. The molecule has 0 atom stereocenters. The lowest BCUT2D eigenvalue weighted by molar-refractivity contribution is -0.137. The number of carbonyl (C=O) groups excluding carboxylic acids is 1. The summed E-state index contributed by atoms with van der Waals surface area (Å²) in [5, 5.41) is 9.45. The molecule has 4 heterocycles. The van der Waals surface area contributed by atoms with Crippen LogP contribution < -0.4 is 24.4 Å². The molecular weight excluding hydrogens is 606 g/mol. The second-order valence-corrected chi connectivity index (χ2v) is 13.0. The van der Waals surface area contributed by atoms with E-state index in [1.165, 1.54) is 11.1 Å². The Morgan fingerprint density at radius 3 is 2.44 bits per heavy atom. The van der Waals surface area contributed by atoms with Gasteiger partial charge in [0.25, 0.3) is 0 Å². The highest BCUT2D eigenvalue weighted by Crippen LogP contribution is 2.46. The predicted octanol–water partition coefficient (Wildman–Crippen LogP) is 4.95. The number of nitrogens with one attached hydrogen (secondary N) is 1. The maximum absolute atomic E-state index is 13.8. The number of ether oxygens (including phenoxy) is 3. The number of rotatable bonds is 10. The lowest BCUT2D eigenvalue weighted by Gasteiger charge is -2.46. The molecule has 1 saturated carbocycles. The summed E-state index contributed by atoms with van der Waals surface area (Å²) in [6, 6.07) is 12.5. The molecule has 0 unspecified atom stereocenters. The summed E-state index contributed by atoms with van der Waals surface area (Å²) in [4.78, 5) is 27.4. The Bertz CT molecular complexity index is 1740. The molecule has 2 aromatic carbocycles. The van der Waals surface area contributed by atoms with Gasteiger partial charge >= 0.3 is 0 Å². The van der Waals surface area contributed by atoms with Crippen LogP contribution in [0, 0.1) is 5.92 Å². The van der Waals surface area contributed by atoms with Crippen molar-refractivity contribution in [2.45, 2.75) is 65.0 Å². The Morgan fingerprint density at radius 2 is 1.69 bits per heavy atom. The highest BCUT2D eigenvalue weighted by Gasteiger charge is 2.43. The van der Waals surface area contributed by atoms with E-state index < -0.39 is 0 Å². The van der Waals surface area contributed by atoms with Crippen LogP contribution in [0.3, 0.4) is 0 Å². The third-order valence-corrected chi connectivity index (χ3v) is 10.2. The first-order valence-corrected chi connectivity index (χ1v) is 17.6. The van der Waals surface area contributed by atoms with E-state index in [0.717, 1.165) is 91.4 Å². The van der Waals surface area contributed by atoms with Crippen molar-refractivity contribution in [1.82, 2.24) is 30.0 Å². The van der Waals surface area contributed by atoms with Gasteiger partial charge in [-0.1, -0.05) is 12.1 Å². The van der Waals surface area contributed by atoms with Crippen LogP contribution in [0.25, 0.3) is 11.0 Å². The van der Waals surface area contributed by atoms with Crippen LogP contribution in [0.1, 0.15) is 63.1 Å². The first kappa shape index (κ1) is 32.2. The van der Waals surface area contributed by atoms with Crippen LogP contribution in [0.15, 0.2) is 48.9 Å². The maximum Gasteiger partial charge on any atom is 0.225 e. The third-order valence-electron chi connectivity index (χ3n) is 10.2. The Kier molecular flexibility index (Phi) is 9.39. The number of hydrogen-bond acceptors (Lipinski definition) is 9. The molecule has 0 radical (unpaired) electrons. The first-order chi connectivity index (χ1) is 23.5. The normalized spacial score (nSPS) is 20.9. The summed E-state index contributed by atoms with van der Waals surface area (Å²) in [5.74, 6) is 3.72. The van der Waals surface area contributed by atoms with Crippen LogP contribution in [0.4, 0.5) is 5.82 Å². The fraction of sp³-hybridized carbons (Fsp3) is 0.514. The summed E-state index contributed by atoms with van der Waals surface area (Å²) in [6.07, 6.45) is 8.08. The fourth-order valence-corrected chi connectivity index (χ4v) is 7.84. The van der Waals surface area contributed by atoms with Crippen LogP contribution >= 0.6 is 0 Å². The van der Waals surface area contributed by atoms with E-state index in [-0.39, 0.29) is 17.4 Å². The van der Waals surface area contributed by atoms with Crippen molar-refractivity contribution in [3.63, 3.8) is 0 Å². The van der Waals surface area contributed by atoms with Crippen LogP contribution in [0.5, 0.6) is 17.2 Å². The highest BCUT2D eigenvalue weighted by atomic mass is 16.5. The van der Waals surface area contributed by atoms with Crippen LogP contribution in [-0.2, 0) is 23.3 Å². The SMILES string of the molecule is CCOc1cccc(Cn2ncc3c(N4CCN(C(=O)[C@H]5CC[C@]6(CC5)NCCc5cc(OCC)c(OCC)cc56)CC4)ncnc32)c1. The van der Waals surface area contributed by atoms with Gasteiger partial charge in [-0.2, -0.15) is 5.10 Å². The molecule has 254 valence electrons. The van der Waals surface area contributed by atoms with E-state index in [1.54, 1.807) is 6.33 Å². The molecule has 1 amide bonds. The number of anilines is 1. The number of hydrogen-bond donors (Lipinski definition) is 1. The van der Waals surface area contributed by atoms with Crippen molar-refractivity contribution in [2.75, 3.05) is 57.4 Å². The standard InChI is InChI=1S/C37H47N7O4/c1-4-46-29-9-7-8-26(20-29)24-44-35-30(23-41-44)34(38-25-39-35)42-16-18-43(19-17-42)36(45)27-10-13-37(14-11-27)31-22-33(48-6-3)32(47-5-2)21-28(31)12-15-40-37/h7-9,20-23,25,27,40H,4-6,10-19,24H2,1-3H3/t27-,37+. The van der Waals surface area contributed by atoms with Gasteiger partial charge in [-0.3, -0.25) is 4.79 Å². The van der Waals surface area contributed by atoms with Gasteiger partial charge in [-0.05, 0) is 93.8 Å². The van der Waals surface area contributed by atoms with Crippen molar-refractivity contribution >= 4 is 22.8 Å². The van der Waals surface area contributed by atoms with Gasteiger partial charge in [-0.15, -0.1) is 0 Å². The first-order valence-electron chi connectivity index (χ1n) is 17.6. The lowest BCUT2D eigenvalue weighted by Crippen LogP contribution is -2.53. The van der Waals surface area contributed by atoms with Gasteiger partial charge < -0.3 is 29.3 Å². The molecule has 2 aliphatic heterocycles. The molecular formula is C37H47N7O4. The zero-order chi connectivity index (χ0) is 33.1. The lowest BCUT2D eigenvalue weighted by atomic mass is 9.69. The average Bonchev–Trinajstić information content (AvgIpc) is 3.52. The van der Waals surface area contributed by atoms with Crippen molar-refractivity contribution in [3.05, 3.63) is 65.6 Å². The Hall–Kier alpha value is -4.38. The number of piperazine rings is 1. The number of benzene rings is 2. The van der Waals surface area contributed by atoms with Crippen molar-refractivity contribution < 1.29 is 19.0 Å². The number of aromatic nitrogens is 4. The molecule has 1 saturated heterocycles. The Morgan fingerprint density at radius 1 is 0.938 bits per heavy atom. The van der Waals surface area contributed by atoms with E-state index in [4.69, 9.17) is 14.2 Å². The zero-order valence-corrected chi connectivity index (χ0v) is 28.4. The van der Waals surface area contributed by atoms with Gasteiger partial charge in [0.05, 0.1) is 37.9 Å². The van der Waals surface area contributed by atoms with E-state index in [2.05, 4.69) is 48.4 Å².